The molecule has 1 fully saturated rings. The van der Waals surface area contributed by atoms with Gasteiger partial charge in [-0.3, -0.25) is 9.47 Å². The lowest BCUT2D eigenvalue weighted by molar-refractivity contribution is 0.107. The highest BCUT2D eigenvalue weighted by Gasteiger charge is 2.36. The van der Waals surface area contributed by atoms with E-state index in [1.165, 1.54) is 0 Å². The second kappa shape index (κ2) is 7.29. The van der Waals surface area contributed by atoms with E-state index in [1.807, 2.05) is 31.2 Å². The van der Waals surface area contributed by atoms with Crippen LogP contribution in [0.4, 0.5) is 0 Å². The highest BCUT2D eigenvalue weighted by atomic mass is 16.5. The van der Waals surface area contributed by atoms with Crippen LogP contribution < -0.4 is 5.69 Å². The number of benzene rings is 1. The number of nitrogens with zero attached hydrogens (tertiary/aromatic N) is 3. The average Bonchev–Trinajstić information content (AvgIpc) is 3.18. The van der Waals surface area contributed by atoms with E-state index in [4.69, 9.17) is 9.84 Å². The number of hydrogen-bond donors (Lipinski definition) is 2. The van der Waals surface area contributed by atoms with Crippen LogP contribution in [0.2, 0.25) is 0 Å². The minimum absolute atomic E-state index is 0.0476. The Kier molecular flexibility index (Phi) is 5.13. The molecule has 0 aliphatic carbocycles. The first-order chi connectivity index (χ1) is 11.7. The second-order valence-electron chi connectivity index (χ2n) is 6.14. The van der Waals surface area contributed by atoms with Gasteiger partial charge >= 0.3 is 5.69 Å². The number of nitrogens with one attached hydrogen (secondary N) is 1. The topological polar surface area (TPSA) is 83.4 Å². The van der Waals surface area contributed by atoms with Gasteiger partial charge in [-0.2, -0.15) is 5.10 Å². The molecule has 2 atom stereocenters. The summed E-state index contributed by atoms with van der Waals surface area (Å²) in [7, 11) is 1.72. The van der Waals surface area contributed by atoms with E-state index < -0.39 is 0 Å². The molecule has 0 radical (unpaired) electrons. The van der Waals surface area contributed by atoms with Gasteiger partial charge in [0, 0.05) is 26.7 Å². The summed E-state index contributed by atoms with van der Waals surface area (Å²) in [6, 6.07) is 7.97. The average molecular weight is 332 g/mol. The van der Waals surface area contributed by atoms with Gasteiger partial charge in [0.2, 0.25) is 0 Å². The Bertz CT molecular complexity index is 722. The molecule has 130 valence electrons. The van der Waals surface area contributed by atoms with Crippen molar-refractivity contribution in [1.82, 2.24) is 19.7 Å². The maximum Gasteiger partial charge on any atom is 0.343 e. The molecule has 24 heavy (non-hydrogen) atoms. The summed E-state index contributed by atoms with van der Waals surface area (Å²) in [5, 5.41) is 16.0. The van der Waals surface area contributed by atoms with Crippen LogP contribution in [0.25, 0.3) is 0 Å². The second-order valence-corrected chi connectivity index (χ2v) is 6.14. The van der Waals surface area contributed by atoms with Crippen molar-refractivity contribution in [2.24, 2.45) is 0 Å². The Morgan fingerprint density at radius 3 is 2.67 bits per heavy atom. The van der Waals surface area contributed by atoms with Gasteiger partial charge in [-0.25, -0.2) is 9.89 Å². The Balaban J connectivity index is 1.84. The fraction of sp³-hybridized carbons (Fsp3) is 0.529. The van der Waals surface area contributed by atoms with Gasteiger partial charge in [-0.1, -0.05) is 24.3 Å². The van der Waals surface area contributed by atoms with Gasteiger partial charge in [0.05, 0.1) is 18.8 Å². The first-order valence-corrected chi connectivity index (χ1v) is 8.26. The van der Waals surface area contributed by atoms with E-state index in [-0.39, 0.29) is 24.4 Å². The van der Waals surface area contributed by atoms with Crippen molar-refractivity contribution in [3.05, 3.63) is 51.7 Å². The molecule has 1 saturated heterocycles. The molecule has 1 aliphatic heterocycles. The van der Waals surface area contributed by atoms with Gasteiger partial charge in [-0.05, 0) is 24.5 Å². The fourth-order valence-electron chi connectivity index (χ4n) is 3.35. The smallest absolute Gasteiger partial charge is 0.343 e. The van der Waals surface area contributed by atoms with E-state index >= 15 is 0 Å². The van der Waals surface area contributed by atoms with Crippen molar-refractivity contribution in [1.29, 1.82) is 0 Å². The quantitative estimate of drug-likeness (QED) is 0.826. The van der Waals surface area contributed by atoms with Gasteiger partial charge in [-0.15, -0.1) is 0 Å². The number of aliphatic hydroxyl groups excluding tert-OH is 1. The molecule has 3 rings (SSSR count). The first-order valence-electron chi connectivity index (χ1n) is 8.26. The summed E-state index contributed by atoms with van der Waals surface area (Å²) in [5.41, 5.74) is 1.90. The summed E-state index contributed by atoms with van der Waals surface area (Å²) < 4.78 is 7.23. The zero-order chi connectivity index (χ0) is 17.1. The lowest BCUT2D eigenvalue weighted by Gasteiger charge is -2.23. The van der Waals surface area contributed by atoms with Crippen LogP contribution in [0.3, 0.4) is 0 Å². The Morgan fingerprint density at radius 1 is 1.33 bits per heavy atom. The number of hydrogen-bond acceptors (Lipinski definition) is 5. The van der Waals surface area contributed by atoms with Crippen molar-refractivity contribution in [2.75, 3.05) is 13.7 Å². The summed E-state index contributed by atoms with van der Waals surface area (Å²) in [4.78, 5) is 14.2. The maximum atomic E-state index is 11.9. The summed E-state index contributed by atoms with van der Waals surface area (Å²) in [6.07, 6.45) is 0.944. The number of ether oxygens (including phenoxy) is 1. The molecule has 0 amide bonds. The number of aromatic nitrogens is 3. The molecule has 2 N–H and O–H groups in total. The molecule has 2 aromatic rings. The monoisotopic (exact) mass is 332 g/mol. The van der Waals surface area contributed by atoms with Crippen LogP contribution in [-0.2, 0) is 24.4 Å². The summed E-state index contributed by atoms with van der Waals surface area (Å²) in [5.74, 6) is 0.772. The molecule has 1 aliphatic rings. The summed E-state index contributed by atoms with van der Waals surface area (Å²) >= 11 is 0. The molecule has 0 spiro atoms. The van der Waals surface area contributed by atoms with Gasteiger partial charge < -0.3 is 9.84 Å². The van der Waals surface area contributed by atoms with Crippen LogP contribution >= 0.6 is 0 Å². The normalized spacial score (nSPS) is 21.5. The molecule has 0 unspecified atom stereocenters. The van der Waals surface area contributed by atoms with Crippen molar-refractivity contribution in [3.8, 4) is 0 Å². The SMILES string of the molecule is CCn1c([C@@H]2C[C@H](OC)CN2Cc2ccc(CO)cc2)n[nH]c1=O. The van der Waals surface area contributed by atoms with Crippen molar-refractivity contribution < 1.29 is 9.84 Å². The molecule has 0 saturated carbocycles. The largest absolute Gasteiger partial charge is 0.392 e. The fourth-order valence-corrected chi connectivity index (χ4v) is 3.35. The van der Waals surface area contributed by atoms with Gasteiger partial charge in [0.25, 0.3) is 0 Å². The van der Waals surface area contributed by atoms with Crippen LogP contribution in [0.5, 0.6) is 0 Å². The number of methoxy groups -OCH3 is 1. The maximum absolute atomic E-state index is 11.9. The predicted molar refractivity (Wildman–Crippen MR) is 89.5 cm³/mol. The van der Waals surface area contributed by atoms with Crippen molar-refractivity contribution in [3.63, 3.8) is 0 Å². The van der Waals surface area contributed by atoms with E-state index in [0.29, 0.717) is 6.54 Å². The number of aliphatic hydroxyl groups is 1. The first kappa shape index (κ1) is 16.9. The number of H-pyrrole nitrogens is 1. The lowest BCUT2D eigenvalue weighted by atomic mass is 10.1. The van der Waals surface area contributed by atoms with Crippen LogP contribution in [0, 0.1) is 0 Å². The minimum atomic E-state index is -0.166. The number of rotatable bonds is 6. The van der Waals surface area contributed by atoms with E-state index in [0.717, 1.165) is 36.5 Å². The Labute approximate surface area is 140 Å². The van der Waals surface area contributed by atoms with Crippen molar-refractivity contribution in [2.45, 2.75) is 45.2 Å². The Hall–Kier alpha value is -1.96. The molecule has 0 bridgehead atoms. The highest BCUT2D eigenvalue weighted by molar-refractivity contribution is 5.22. The number of aromatic amines is 1. The minimum Gasteiger partial charge on any atom is -0.392 e. The summed E-state index contributed by atoms with van der Waals surface area (Å²) in [6.45, 7) is 4.14. The van der Waals surface area contributed by atoms with E-state index in [1.54, 1.807) is 11.7 Å². The van der Waals surface area contributed by atoms with Gasteiger partial charge in [0.1, 0.15) is 0 Å². The predicted octanol–water partition coefficient (Wildman–Crippen LogP) is 1.05. The van der Waals surface area contributed by atoms with Crippen LogP contribution in [-0.4, -0.2) is 44.5 Å². The lowest BCUT2D eigenvalue weighted by Crippen LogP contribution is -2.28. The molecule has 1 aromatic carbocycles. The van der Waals surface area contributed by atoms with E-state index in [2.05, 4.69) is 15.1 Å². The third-order valence-corrected chi connectivity index (χ3v) is 4.69. The zero-order valence-corrected chi connectivity index (χ0v) is 14.1. The van der Waals surface area contributed by atoms with Crippen LogP contribution in [0.1, 0.15) is 36.3 Å². The zero-order valence-electron chi connectivity index (χ0n) is 14.1. The molecular formula is C17H24N4O3. The van der Waals surface area contributed by atoms with E-state index in [9.17, 15) is 4.79 Å². The Morgan fingerprint density at radius 2 is 2.04 bits per heavy atom. The van der Waals surface area contributed by atoms with Gasteiger partial charge in [0.15, 0.2) is 5.82 Å². The highest BCUT2D eigenvalue weighted by Crippen LogP contribution is 2.33. The third-order valence-electron chi connectivity index (χ3n) is 4.69. The van der Waals surface area contributed by atoms with Crippen molar-refractivity contribution >= 4 is 0 Å². The molecule has 7 heteroatoms. The molecule has 2 heterocycles. The number of likely N-dealkylation sites (tertiary alicyclic amines) is 1. The third kappa shape index (κ3) is 3.28. The van der Waals surface area contributed by atoms with Crippen LogP contribution in [0.15, 0.2) is 29.1 Å². The molecular weight excluding hydrogens is 308 g/mol. The molecule has 7 nitrogen and oxygen atoms in total. The standard InChI is InChI=1S/C17H24N4O3/c1-3-21-16(18-19-17(21)23)15-8-14(24-2)10-20(15)9-12-4-6-13(11-22)7-5-12/h4-7,14-15,22H,3,8-11H2,1-2H3,(H,19,23)/t14-,15-/m0/s1. The molecule has 1 aromatic heterocycles.